The second-order valence-corrected chi connectivity index (χ2v) is 7.04. The lowest BCUT2D eigenvalue weighted by molar-refractivity contribution is 0.206. The van der Waals surface area contributed by atoms with Crippen LogP contribution in [0.25, 0.3) is 10.8 Å². The first-order valence-electron chi connectivity index (χ1n) is 9.10. The maximum Gasteiger partial charge on any atom is 0.322 e. The Kier molecular flexibility index (Phi) is 4.39. The molecule has 2 amide bonds. The number of nitrogens with one attached hydrogen (secondary N) is 1. The minimum absolute atomic E-state index is 0.0951. The van der Waals surface area contributed by atoms with E-state index in [1.54, 1.807) is 0 Å². The van der Waals surface area contributed by atoms with Gasteiger partial charge in [-0.3, -0.25) is 0 Å². The fraction of sp³-hybridized carbons (Fsp3) is 0.286. The van der Waals surface area contributed by atoms with Gasteiger partial charge in [0.25, 0.3) is 0 Å². The van der Waals surface area contributed by atoms with Crippen molar-refractivity contribution < 1.29 is 4.79 Å². The number of urea groups is 1. The largest absolute Gasteiger partial charge is 0.362 e. The maximum absolute atomic E-state index is 12.9. The number of anilines is 2. The third kappa shape index (κ3) is 3.30. The Morgan fingerprint density at radius 3 is 2.70 bits per heavy atom. The Hall–Kier alpha value is -3.15. The first-order valence-corrected chi connectivity index (χ1v) is 9.10. The first-order chi connectivity index (χ1) is 13.0. The lowest BCUT2D eigenvalue weighted by atomic mass is 10.1. The van der Waals surface area contributed by atoms with Gasteiger partial charge < -0.3 is 15.1 Å². The van der Waals surface area contributed by atoms with Crippen molar-refractivity contribution in [2.75, 3.05) is 30.9 Å². The lowest BCUT2D eigenvalue weighted by Gasteiger charge is -2.31. The van der Waals surface area contributed by atoms with Crippen LogP contribution in [0.3, 0.4) is 0 Å². The molecule has 0 saturated heterocycles. The number of amides is 2. The van der Waals surface area contributed by atoms with Gasteiger partial charge in [0.1, 0.15) is 11.6 Å². The van der Waals surface area contributed by atoms with Crippen LogP contribution in [0.2, 0.25) is 0 Å². The summed E-state index contributed by atoms with van der Waals surface area (Å²) in [6, 6.07) is 13.9. The predicted molar refractivity (Wildman–Crippen MR) is 108 cm³/mol. The third-order valence-electron chi connectivity index (χ3n) is 4.89. The van der Waals surface area contributed by atoms with E-state index in [2.05, 4.69) is 15.3 Å². The molecule has 0 radical (unpaired) electrons. The zero-order valence-corrected chi connectivity index (χ0v) is 15.9. The van der Waals surface area contributed by atoms with Gasteiger partial charge in [-0.15, -0.1) is 0 Å². The molecule has 0 atom stereocenters. The summed E-state index contributed by atoms with van der Waals surface area (Å²) in [6.07, 6.45) is 0.739. The number of nitrogens with zero attached hydrogens (tertiary/aromatic N) is 4. The minimum Gasteiger partial charge on any atom is -0.362 e. The van der Waals surface area contributed by atoms with Crippen molar-refractivity contribution in [2.24, 2.45) is 0 Å². The molecule has 0 unspecified atom stereocenters. The van der Waals surface area contributed by atoms with Crippen LogP contribution in [0, 0.1) is 6.92 Å². The Labute approximate surface area is 158 Å². The second-order valence-electron chi connectivity index (χ2n) is 7.04. The number of aromatic nitrogens is 2. The van der Waals surface area contributed by atoms with Crippen molar-refractivity contribution in [1.29, 1.82) is 0 Å². The zero-order chi connectivity index (χ0) is 19.0. The highest BCUT2D eigenvalue weighted by Gasteiger charge is 2.26. The van der Waals surface area contributed by atoms with Crippen LogP contribution in [-0.2, 0) is 13.0 Å². The van der Waals surface area contributed by atoms with Crippen LogP contribution in [0.15, 0.2) is 42.5 Å². The second kappa shape index (κ2) is 6.87. The molecule has 6 heteroatoms. The summed E-state index contributed by atoms with van der Waals surface area (Å²) in [5, 5.41) is 5.23. The van der Waals surface area contributed by atoms with Gasteiger partial charge in [0.05, 0.1) is 17.9 Å². The molecule has 4 rings (SSSR count). The third-order valence-corrected chi connectivity index (χ3v) is 4.89. The molecule has 138 valence electrons. The topological polar surface area (TPSA) is 61.4 Å². The summed E-state index contributed by atoms with van der Waals surface area (Å²) < 4.78 is 0. The number of rotatable bonds is 2. The predicted octanol–water partition coefficient (Wildman–Crippen LogP) is 3.59. The molecule has 2 heterocycles. The van der Waals surface area contributed by atoms with Gasteiger partial charge in [-0.25, -0.2) is 14.8 Å². The highest BCUT2D eigenvalue weighted by Crippen LogP contribution is 2.27. The standard InChI is InChI=1S/C21H23N5O/c1-14-22-19-11-12-26(13-17(19)20(23-14)25(2)3)21(27)24-18-10-6-8-15-7-4-5-9-16(15)18/h4-10H,11-13H2,1-3H3,(H,24,27). The summed E-state index contributed by atoms with van der Waals surface area (Å²) >= 11 is 0. The molecule has 0 aliphatic carbocycles. The van der Waals surface area contributed by atoms with Crippen molar-refractivity contribution in [3.05, 3.63) is 59.5 Å². The lowest BCUT2D eigenvalue weighted by Crippen LogP contribution is -2.40. The number of hydrogen-bond acceptors (Lipinski definition) is 4. The molecule has 0 fully saturated rings. The van der Waals surface area contributed by atoms with Gasteiger partial charge in [0.2, 0.25) is 0 Å². The molecular formula is C21H23N5O. The van der Waals surface area contributed by atoms with Gasteiger partial charge >= 0.3 is 6.03 Å². The smallest absolute Gasteiger partial charge is 0.322 e. The first kappa shape index (κ1) is 17.3. The van der Waals surface area contributed by atoms with Gasteiger partial charge in [0.15, 0.2) is 0 Å². The van der Waals surface area contributed by atoms with Gasteiger partial charge in [-0.1, -0.05) is 36.4 Å². The Bertz CT molecular complexity index is 1010. The van der Waals surface area contributed by atoms with Crippen molar-refractivity contribution in [3.8, 4) is 0 Å². The number of benzene rings is 2. The van der Waals surface area contributed by atoms with Crippen molar-refractivity contribution in [1.82, 2.24) is 14.9 Å². The normalized spacial score (nSPS) is 13.4. The average molecular weight is 361 g/mol. The zero-order valence-electron chi connectivity index (χ0n) is 15.9. The maximum atomic E-state index is 12.9. The van der Waals surface area contributed by atoms with Crippen LogP contribution in [0.1, 0.15) is 17.1 Å². The van der Waals surface area contributed by atoms with E-state index in [-0.39, 0.29) is 6.03 Å². The van der Waals surface area contributed by atoms with E-state index in [0.29, 0.717) is 13.1 Å². The molecule has 0 bridgehead atoms. The fourth-order valence-electron chi connectivity index (χ4n) is 3.59. The molecule has 27 heavy (non-hydrogen) atoms. The van der Waals surface area contributed by atoms with Crippen LogP contribution >= 0.6 is 0 Å². The highest BCUT2D eigenvalue weighted by molar-refractivity contribution is 6.01. The van der Waals surface area contributed by atoms with Crippen molar-refractivity contribution in [3.63, 3.8) is 0 Å². The van der Waals surface area contributed by atoms with Gasteiger partial charge in [-0.05, 0) is 18.4 Å². The van der Waals surface area contributed by atoms with Crippen LogP contribution < -0.4 is 10.2 Å². The Morgan fingerprint density at radius 2 is 1.89 bits per heavy atom. The molecule has 6 nitrogen and oxygen atoms in total. The molecule has 1 aliphatic rings. The average Bonchev–Trinajstić information content (AvgIpc) is 2.67. The summed E-state index contributed by atoms with van der Waals surface area (Å²) in [6.45, 7) is 3.07. The number of carbonyl (C=O) groups excluding carboxylic acids is 1. The monoisotopic (exact) mass is 361 g/mol. The van der Waals surface area contributed by atoms with E-state index in [1.165, 1.54) is 0 Å². The number of fused-ring (bicyclic) bond motifs is 2. The number of carbonyl (C=O) groups is 1. The Morgan fingerprint density at radius 1 is 1.11 bits per heavy atom. The van der Waals surface area contributed by atoms with E-state index in [1.807, 2.05) is 73.3 Å². The van der Waals surface area contributed by atoms with Gasteiger partial charge in [0, 0.05) is 38.0 Å². The summed E-state index contributed by atoms with van der Waals surface area (Å²) in [7, 11) is 3.94. The quantitative estimate of drug-likeness (QED) is 0.758. The Balaban J connectivity index is 1.59. The minimum atomic E-state index is -0.0951. The van der Waals surface area contributed by atoms with E-state index < -0.39 is 0 Å². The van der Waals surface area contributed by atoms with E-state index in [0.717, 1.165) is 45.8 Å². The molecule has 2 aromatic carbocycles. The molecule has 0 saturated carbocycles. The summed E-state index contributed by atoms with van der Waals surface area (Å²) in [5.41, 5.74) is 2.90. The molecule has 0 spiro atoms. The van der Waals surface area contributed by atoms with Crippen LogP contribution in [0.4, 0.5) is 16.3 Å². The van der Waals surface area contributed by atoms with Crippen LogP contribution in [-0.4, -0.2) is 41.5 Å². The number of hydrogen-bond donors (Lipinski definition) is 1. The van der Waals surface area contributed by atoms with Crippen molar-refractivity contribution >= 4 is 28.3 Å². The summed E-state index contributed by atoms with van der Waals surface area (Å²) in [4.78, 5) is 25.9. The number of aryl methyl sites for hydroxylation is 1. The molecular weight excluding hydrogens is 338 g/mol. The molecule has 1 aromatic heterocycles. The molecule has 1 aliphatic heterocycles. The summed E-state index contributed by atoms with van der Waals surface area (Å²) in [5.74, 6) is 1.66. The van der Waals surface area contributed by atoms with E-state index in [9.17, 15) is 4.79 Å². The van der Waals surface area contributed by atoms with E-state index >= 15 is 0 Å². The molecule has 1 N–H and O–H groups in total. The van der Waals surface area contributed by atoms with Crippen LogP contribution in [0.5, 0.6) is 0 Å². The fourth-order valence-corrected chi connectivity index (χ4v) is 3.59. The van der Waals surface area contributed by atoms with Gasteiger partial charge in [-0.2, -0.15) is 0 Å². The SMILES string of the molecule is Cc1nc2c(c(N(C)C)n1)CN(C(=O)Nc1cccc3ccccc13)CC2. The highest BCUT2D eigenvalue weighted by atomic mass is 16.2. The van der Waals surface area contributed by atoms with Crippen molar-refractivity contribution in [2.45, 2.75) is 19.9 Å². The molecule has 3 aromatic rings. The van der Waals surface area contributed by atoms with E-state index in [4.69, 9.17) is 0 Å².